The smallest absolute Gasteiger partial charge is 0.161 e. The van der Waals surface area contributed by atoms with Gasteiger partial charge in [-0.1, -0.05) is 6.07 Å². The van der Waals surface area contributed by atoms with Crippen LogP contribution in [0.3, 0.4) is 0 Å². The highest BCUT2D eigenvalue weighted by molar-refractivity contribution is 5.43. The zero-order valence-corrected chi connectivity index (χ0v) is 8.19. The van der Waals surface area contributed by atoms with Crippen molar-refractivity contribution in [1.29, 1.82) is 0 Å². The van der Waals surface area contributed by atoms with Crippen molar-refractivity contribution in [3.8, 4) is 11.5 Å². The third-order valence-corrected chi connectivity index (χ3v) is 2.14. The number of aliphatic hydroxyl groups is 1. The third-order valence-electron chi connectivity index (χ3n) is 2.14. The predicted octanol–water partition coefficient (Wildman–Crippen LogP) is 1.38. The Labute approximate surface area is 83.3 Å². The quantitative estimate of drug-likeness (QED) is 0.773. The lowest BCUT2D eigenvalue weighted by Gasteiger charge is -2.19. The van der Waals surface area contributed by atoms with Gasteiger partial charge in [0, 0.05) is 0 Å². The summed E-state index contributed by atoms with van der Waals surface area (Å²) in [6.45, 7) is 2.99. The molecule has 0 aromatic heterocycles. The summed E-state index contributed by atoms with van der Waals surface area (Å²) >= 11 is 0. The number of hydrogen-bond donors (Lipinski definition) is 1. The minimum Gasteiger partial charge on any atom is -0.486 e. The van der Waals surface area contributed by atoms with Crippen LogP contribution in [-0.4, -0.2) is 24.4 Å². The molecule has 0 fully saturated rings. The van der Waals surface area contributed by atoms with Gasteiger partial charge in [-0.05, 0) is 31.0 Å². The summed E-state index contributed by atoms with van der Waals surface area (Å²) in [5, 5.41) is 9.24. The van der Waals surface area contributed by atoms with Gasteiger partial charge in [-0.2, -0.15) is 0 Å². The van der Waals surface area contributed by atoms with Crippen molar-refractivity contribution in [2.24, 2.45) is 0 Å². The van der Waals surface area contributed by atoms with E-state index in [1.165, 1.54) is 0 Å². The van der Waals surface area contributed by atoms with E-state index in [1.54, 1.807) is 6.92 Å². The Morgan fingerprint density at radius 1 is 1.29 bits per heavy atom. The summed E-state index contributed by atoms with van der Waals surface area (Å²) in [5.74, 6) is 1.58. The largest absolute Gasteiger partial charge is 0.486 e. The molecule has 0 bridgehead atoms. The molecule has 14 heavy (non-hydrogen) atoms. The van der Waals surface area contributed by atoms with E-state index in [1.807, 2.05) is 18.2 Å². The van der Waals surface area contributed by atoms with Crippen molar-refractivity contribution in [2.45, 2.75) is 19.4 Å². The molecule has 0 saturated heterocycles. The van der Waals surface area contributed by atoms with Crippen LogP contribution in [-0.2, 0) is 6.42 Å². The molecule has 0 amide bonds. The van der Waals surface area contributed by atoms with Gasteiger partial charge in [0.2, 0.25) is 0 Å². The Kier molecular flexibility index (Phi) is 2.59. The average molecular weight is 194 g/mol. The van der Waals surface area contributed by atoms with Gasteiger partial charge >= 0.3 is 0 Å². The SMILES string of the molecule is C[C@H](O)Cc1ccc2c(c1)OCCO2. The highest BCUT2D eigenvalue weighted by atomic mass is 16.6. The molecule has 1 atom stereocenters. The average Bonchev–Trinajstić information content (AvgIpc) is 2.17. The molecule has 3 heteroatoms. The fourth-order valence-electron chi connectivity index (χ4n) is 1.56. The van der Waals surface area contributed by atoms with Crippen LogP contribution in [0.1, 0.15) is 12.5 Å². The second-order valence-corrected chi connectivity index (χ2v) is 3.53. The standard InChI is InChI=1S/C11H14O3/c1-8(12)6-9-2-3-10-11(7-9)14-5-4-13-10/h2-3,7-8,12H,4-6H2,1H3/t8-/m0/s1. The molecule has 3 nitrogen and oxygen atoms in total. The molecule has 76 valence electrons. The van der Waals surface area contributed by atoms with Gasteiger partial charge < -0.3 is 14.6 Å². The lowest BCUT2D eigenvalue weighted by atomic mass is 10.1. The van der Waals surface area contributed by atoms with Crippen molar-refractivity contribution >= 4 is 0 Å². The van der Waals surface area contributed by atoms with E-state index >= 15 is 0 Å². The first-order valence-electron chi connectivity index (χ1n) is 4.82. The van der Waals surface area contributed by atoms with Gasteiger partial charge in [-0.15, -0.1) is 0 Å². The monoisotopic (exact) mass is 194 g/mol. The summed E-state index contributed by atoms with van der Waals surface area (Å²) in [5.41, 5.74) is 1.07. The molecule has 0 unspecified atom stereocenters. The number of ether oxygens (including phenoxy) is 2. The van der Waals surface area contributed by atoms with Crippen molar-refractivity contribution in [3.05, 3.63) is 23.8 Å². The van der Waals surface area contributed by atoms with Gasteiger partial charge in [-0.25, -0.2) is 0 Å². The van der Waals surface area contributed by atoms with Crippen molar-refractivity contribution < 1.29 is 14.6 Å². The van der Waals surface area contributed by atoms with Gasteiger partial charge in [0.05, 0.1) is 6.10 Å². The summed E-state index contributed by atoms with van der Waals surface area (Å²) in [6.07, 6.45) is 0.328. The Hall–Kier alpha value is -1.22. The molecule has 1 N–H and O–H groups in total. The summed E-state index contributed by atoms with van der Waals surface area (Å²) in [7, 11) is 0. The lowest BCUT2D eigenvalue weighted by Crippen LogP contribution is -2.15. The van der Waals surface area contributed by atoms with Crippen molar-refractivity contribution in [1.82, 2.24) is 0 Å². The van der Waals surface area contributed by atoms with E-state index in [9.17, 15) is 5.11 Å². The Morgan fingerprint density at radius 2 is 2.00 bits per heavy atom. The maximum atomic E-state index is 9.24. The minimum atomic E-state index is -0.322. The summed E-state index contributed by atoms with van der Waals surface area (Å²) in [4.78, 5) is 0. The van der Waals surface area contributed by atoms with E-state index in [0.717, 1.165) is 17.1 Å². The Morgan fingerprint density at radius 3 is 2.71 bits per heavy atom. The molecular formula is C11H14O3. The van der Waals surface area contributed by atoms with Gasteiger partial charge in [-0.3, -0.25) is 0 Å². The summed E-state index contributed by atoms with van der Waals surface area (Å²) in [6, 6.07) is 5.79. The highest BCUT2D eigenvalue weighted by Crippen LogP contribution is 2.30. The van der Waals surface area contributed by atoms with Crippen LogP contribution in [0.4, 0.5) is 0 Å². The number of fused-ring (bicyclic) bond motifs is 1. The first-order chi connectivity index (χ1) is 6.75. The van der Waals surface area contributed by atoms with Crippen LogP contribution in [0, 0.1) is 0 Å². The molecule has 0 spiro atoms. The molecule has 1 aromatic rings. The number of hydrogen-bond acceptors (Lipinski definition) is 3. The normalized spacial score (nSPS) is 16.4. The van der Waals surface area contributed by atoms with Crippen LogP contribution in [0.15, 0.2) is 18.2 Å². The topological polar surface area (TPSA) is 38.7 Å². The lowest BCUT2D eigenvalue weighted by molar-refractivity contribution is 0.170. The van der Waals surface area contributed by atoms with Gasteiger partial charge in [0.25, 0.3) is 0 Å². The first-order valence-corrected chi connectivity index (χ1v) is 4.82. The zero-order valence-electron chi connectivity index (χ0n) is 8.19. The van der Waals surface area contributed by atoms with Crippen LogP contribution in [0.25, 0.3) is 0 Å². The predicted molar refractivity (Wildman–Crippen MR) is 52.8 cm³/mol. The second-order valence-electron chi connectivity index (χ2n) is 3.53. The van der Waals surface area contributed by atoms with Crippen LogP contribution < -0.4 is 9.47 Å². The highest BCUT2D eigenvalue weighted by Gasteiger charge is 2.11. The van der Waals surface area contributed by atoms with Crippen LogP contribution in [0.5, 0.6) is 11.5 Å². The molecule has 1 aliphatic rings. The molecule has 0 saturated carbocycles. The molecule has 1 aromatic carbocycles. The molecule has 0 aliphatic carbocycles. The number of rotatable bonds is 2. The minimum absolute atomic E-state index is 0.322. The fraction of sp³-hybridized carbons (Fsp3) is 0.455. The second kappa shape index (κ2) is 3.88. The van der Waals surface area contributed by atoms with E-state index in [0.29, 0.717) is 19.6 Å². The molecule has 1 heterocycles. The zero-order chi connectivity index (χ0) is 9.97. The Balaban J connectivity index is 2.20. The Bertz CT molecular complexity index is 320. The molecule has 0 radical (unpaired) electrons. The van der Waals surface area contributed by atoms with Crippen molar-refractivity contribution in [3.63, 3.8) is 0 Å². The molecule has 1 aliphatic heterocycles. The van der Waals surface area contributed by atoms with Crippen molar-refractivity contribution in [2.75, 3.05) is 13.2 Å². The van der Waals surface area contributed by atoms with E-state index in [-0.39, 0.29) is 6.10 Å². The van der Waals surface area contributed by atoms with E-state index < -0.39 is 0 Å². The van der Waals surface area contributed by atoms with Crippen LogP contribution >= 0.6 is 0 Å². The summed E-state index contributed by atoms with van der Waals surface area (Å²) < 4.78 is 10.8. The fourth-order valence-corrected chi connectivity index (χ4v) is 1.56. The third kappa shape index (κ3) is 1.99. The van der Waals surface area contributed by atoms with E-state index in [4.69, 9.17) is 9.47 Å². The number of aliphatic hydroxyl groups excluding tert-OH is 1. The van der Waals surface area contributed by atoms with Gasteiger partial charge in [0.15, 0.2) is 11.5 Å². The maximum absolute atomic E-state index is 9.24. The van der Waals surface area contributed by atoms with E-state index in [2.05, 4.69) is 0 Å². The maximum Gasteiger partial charge on any atom is 0.161 e. The molecule has 2 rings (SSSR count). The first kappa shape index (κ1) is 9.34. The van der Waals surface area contributed by atoms with Crippen LogP contribution in [0.2, 0.25) is 0 Å². The van der Waals surface area contributed by atoms with Gasteiger partial charge in [0.1, 0.15) is 13.2 Å². The number of benzene rings is 1. The molecular weight excluding hydrogens is 180 g/mol.